The SMILES string of the molecule is Cc1ccccc1N(CCN1C(=O)c2cccc3c(N4CCCCC4)ccc(c23)C1=O)C(=O)c1ccc(S(=O)(=O)N(C)C)cc1. The maximum Gasteiger partial charge on any atom is 0.261 e. The number of para-hydroxylation sites is 1. The first-order valence-electron chi connectivity index (χ1n) is 15.2. The van der Waals surface area contributed by atoms with Gasteiger partial charge in [0.05, 0.1) is 4.90 Å². The van der Waals surface area contributed by atoms with Crippen molar-refractivity contribution in [1.82, 2.24) is 9.21 Å². The number of benzene rings is 4. The molecule has 3 amide bonds. The second kappa shape index (κ2) is 12.1. The molecule has 0 radical (unpaired) electrons. The zero-order chi connectivity index (χ0) is 31.9. The Labute approximate surface area is 263 Å². The Morgan fingerprint density at radius 3 is 2.13 bits per heavy atom. The van der Waals surface area contributed by atoms with Gasteiger partial charge in [-0.3, -0.25) is 19.3 Å². The molecule has 9 nitrogen and oxygen atoms in total. The number of hydrogen-bond acceptors (Lipinski definition) is 6. The first-order valence-corrected chi connectivity index (χ1v) is 16.6. The third-order valence-corrected chi connectivity index (χ3v) is 10.6. The number of carbonyl (C=O) groups excluding carboxylic acids is 3. The maximum atomic E-state index is 13.9. The van der Waals surface area contributed by atoms with Gasteiger partial charge in [0, 0.05) is 79.1 Å². The molecular formula is C35H36N4O5S. The van der Waals surface area contributed by atoms with Crippen LogP contribution < -0.4 is 9.80 Å². The lowest BCUT2D eigenvalue weighted by Crippen LogP contribution is -2.46. The minimum atomic E-state index is -3.66. The van der Waals surface area contributed by atoms with Crippen LogP contribution in [0.25, 0.3) is 10.8 Å². The van der Waals surface area contributed by atoms with E-state index >= 15 is 0 Å². The maximum absolute atomic E-state index is 13.9. The Hall–Kier alpha value is -4.54. The number of hydrogen-bond donors (Lipinski definition) is 0. The van der Waals surface area contributed by atoms with E-state index in [-0.39, 0.29) is 41.3 Å². The van der Waals surface area contributed by atoms with Gasteiger partial charge in [-0.25, -0.2) is 12.7 Å². The molecule has 0 aromatic heterocycles. The van der Waals surface area contributed by atoms with E-state index in [0.717, 1.165) is 46.9 Å². The Balaban J connectivity index is 1.31. The summed E-state index contributed by atoms with van der Waals surface area (Å²) in [5.41, 5.74) is 3.77. The molecule has 0 unspecified atom stereocenters. The summed E-state index contributed by atoms with van der Waals surface area (Å²) in [7, 11) is -0.765. The minimum Gasteiger partial charge on any atom is -0.371 e. The number of rotatable bonds is 8. The predicted molar refractivity (Wildman–Crippen MR) is 176 cm³/mol. The number of nitrogens with zero attached hydrogens (tertiary/aromatic N) is 4. The minimum absolute atomic E-state index is 0.0193. The summed E-state index contributed by atoms with van der Waals surface area (Å²) >= 11 is 0. The summed E-state index contributed by atoms with van der Waals surface area (Å²) < 4.78 is 26.2. The summed E-state index contributed by atoms with van der Waals surface area (Å²) in [6.45, 7) is 3.81. The first-order chi connectivity index (χ1) is 21.6. The van der Waals surface area contributed by atoms with Crippen molar-refractivity contribution in [2.75, 3.05) is 50.1 Å². The topological polar surface area (TPSA) is 98.3 Å². The van der Waals surface area contributed by atoms with Crippen LogP contribution in [0.15, 0.2) is 83.8 Å². The fourth-order valence-electron chi connectivity index (χ4n) is 6.28. The van der Waals surface area contributed by atoms with Gasteiger partial charge in [0.1, 0.15) is 0 Å². The van der Waals surface area contributed by atoms with Crippen LogP contribution in [0.4, 0.5) is 11.4 Å². The zero-order valence-electron chi connectivity index (χ0n) is 25.7. The van der Waals surface area contributed by atoms with Crippen LogP contribution in [0.5, 0.6) is 0 Å². The van der Waals surface area contributed by atoms with Gasteiger partial charge in [0.25, 0.3) is 17.7 Å². The number of piperidine rings is 1. The number of sulfonamides is 1. The average Bonchev–Trinajstić information content (AvgIpc) is 3.05. The van der Waals surface area contributed by atoms with Gasteiger partial charge in [0.15, 0.2) is 0 Å². The van der Waals surface area contributed by atoms with Crippen molar-refractivity contribution >= 4 is 49.9 Å². The molecule has 4 aromatic carbocycles. The highest BCUT2D eigenvalue weighted by atomic mass is 32.2. The summed E-state index contributed by atoms with van der Waals surface area (Å²) in [6.07, 6.45) is 3.43. The second-order valence-electron chi connectivity index (χ2n) is 11.7. The van der Waals surface area contributed by atoms with E-state index < -0.39 is 10.0 Å². The smallest absolute Gasteiger partial charge is 0.261 e. The van der Waals surface area contributed by atoms with Crippen molar-refractivity contribution in [3.05, 3.63) is 101 Å². The third kappa shape index (κ3) is 5.49. The van der Waals surface area contributed by atoms with Crippen LogP contribution in [-0.2, 0) is 10.0 Å². The lowest BCUT2D eigenvalue weighted by molar-refractivity contribution is 0.0611. The number of carbonyl (C=O) groups is 3. The zero-order valence-corrected chi connectivity index (χ0v) is 26.5. The summed E-state index contributed by atoms with van der Waals surface area (Å²) in [4.78, 5) is 46.9. The van der Waals surface area contributed by atoms with E-state index in [1.807, 2.05) is 55.5 Å². The molecule has 0 aliphatic carbocycles. The monoisotopic (exact) mass is 624 g/mol. The van der Waals surface area contributed by atoms with Crippen molar-refractivity contribution in [2.45, 2.75) is 31.1 Å². The van der Waals surface area contributed by atoms with E-state index in [0.29, 0.717) is 22.2 Å². The number of amides is 3. The first kappa shape index (κ1) is 30.5. The van der Waals surface area contributed by atoms with Gasteiger partial charge < -0.3 is 9.80 Å². The molecule has 10 heteroatoms. The number of aryl methyl sites for hydroxylation is 1. The summed E-state index contributed by atoms with van der Waals surface area (Å²) in [6, 6.07) is 22.6. The molecule has 0 N–H and O–H groups in total. The van der Waals surface area contributed by atoms with Gasteiger partial charge in [-0.15, -0.1) is 0 Å². The van der Waals surface area contributed by atoms with Gasteiger partial charge in [0.2, 0.25) is 10.0 Å². The fraction of sp³-hybridized carbons (Fsp3) is 0.286. The molecule has 2 heterocycles. The Bertz CT molecular complexity index is 1890. The van der Waals surface area contributed by atoms with Crippen molar-refractivity contribution < 1.29 is 22.8 Å². The molecule has 2 aliphatic heterocycles. The van der Waals surface area contributed by atoms with E-state index in [9.17, 15) is 22.8 Å². The Kier molecular flexibility index (Phi) is 8.20. The normalized spacial score (nSPS) is 15.2. The van der Waals surface area contributed by atoms with Crippen LogP contribution in [0, 0.1) is 6.92 Å². The van der Waals surface area contributed by atoms with Crippen LogP contribution in [-0.4, -0.2) is 75.6 Å². The van der Waals surface area contributed by atoms with E-state index in [1.165, 1.54) is 49.7 Å². The van der Waals surface area contributed by atoms with Gasteiger partial charge in [-0.05, 0) is 80.3 Å². The molecule has 0 bridgehead atoms. The predicted octanol–water partition coefficient (Wildman–Crippen LogP) is 5.33. The fourth-order valence-corrected chi connectivity index (χ4v) is 7.18. The van der Waals surface area contributed by atoms with Crippen molar-refractivity contribution in [3.63, 3.8) is 0 Å². The standard InChI is InChI=1S/C35H36N4O5S/c1-24-10-5-6-13-30(24)38(33(40)25-14-16-26(17-15-25)45(43,44)36(2)3)22-23-39-34(41)28-12-9-11-27-31(37-20-7-4-8-21-37)19-18-29(32(27)28)35(39)42/h5-6,9-19H,4,7-8,20-23H2,1-3H3. The highest BCUT2D eigenvalue weighted by Gasteiger charge is 2.34. The Morgan fingerprint density at radius 2 is 1.47 bits per heavy atom. The lowest BCUT2D eigenvalue weighted by Gasteiger charge is -2.33. The van der Waals surface area contributed by atoms with Gasteiger partial charge in [-0.1, -0.05) is 30.3 Å². The molecular weight excluding hydrogens is 588 g/mol. The molecule has 6 rings (SSSR count). The van der Waals surface area contributed by atoms with E-state index in [4.69, 9.17) is 0 Å². The van der Waals surface area contributed by atoms with Crippen LogP contribution in [0.3, 0.4) is 0 Å². The molecule has 232 valence electrons. The van der Waals surface area contributed by atoms with Crippen LogP contribution >= 0.6 is 0 Å². The molecule has 0 saturated carbocycles. The van der Waals surface area contributed by atoms with Crippen molar-refractivity contribution in [2.24, 2.45) is 0 Å². The number of imide groups is 1. The second-order valence-corrected chi connectivity index (χ2v) is 13.9. The van der Waals surface area contributed by atoms with Crippen LogP contribution in [0.2, 0.25) is 0 Å². The van der Waals surface area contributed by atoms with E-state index in [1.54, 1.807) is 11.0 Å². The summed E-state index contributed by atoms with van der Waals surface area (Å²) in [5, 5.41) is 1.59. The quantitative estimate of drug-likeness (QED) is 0.246. The summed E-state index contributed by atoms with van der Waals surface area (Å²) in [5.74, 6) is -1.14. The van der Waals surface area contributed by atoms with E-state index in [2.05, 4.69) is 4.90 Å². The molecule has 2 aliphatic rings. The van der Waals surface area contributed by atoms with Crippen molar-refractivity contribution in [3.8, 4) is 0 Å². The third-order valence-electron chi connectivity index (χ3n) is 8.74. The molecule has 4 aromatic rings. The molecule has 0 atom stereocenters. The molecule has 0 spiro atoms. The Morgan fingerprint density at radius 1 is 0.800 bits per heavy atom. The highest BCUT2D eigenvalue weighted by Crippen LogP contribution is 2.37. The molecule has 1 saturated heterocycles. The largest absolute Gasteiger partial charge is 0.371 e. The molecule has 1 fully saturated rings. The van der Waals surface area contributed by atoms with Gasteiger partial charge in [-0.2, -0.15) is 0 Å². The lowest BCUT2D eigenvalue weighted by atomic mass is 9.92. The molecule has 45 heavy (non-hydrogen) atoms. The van der Waals surface area contributed by atoms with Crippen LogP contribution in [0.1, 0.15) is 55.9 Å². The van der Waals surface area contributed by atoms with Crippen molar-refractivity contribution in [1.29, 1.82) is 0 Å². The van der Waals surface area contributed by atoms with Gasteiger partial charge >= 0.3 is 0 Å². The number of anilines is 2. The highest BCUT2D eigenvalue weighted by molar-refractivity contribution is 7.89. The average molecular weight is 625 g/mol.